The molecule has 58 heavy (non-hydrogen) atoms. The van der Waals surface area contributed by atoms with Gasteiger partial charge in [0, 0.05) is 22.2 Å². The van der Waals surface area contributed by atoms with E-state index in [2.05, 4.69) is 243 Å². The van der Waals surface area contributed by atoms with Gasteiger partial charge in [-0.25, -0.2) is 0 Å². The van der Waals surface area contributed by atoms with Gasteiger partial charge in [-0.1, -0.05) is 214 Å². The van der Waals surface area contributed by atoms with Gasteiger partial charge >= 0.3 is 0 Å². The quantitative estimate of drug-likeness (QED) is 0.150. The van der Waals surface area contributed by atoms with Gasteiger partial charge in [0.15, 0.2) is 0 Å². The molecule has 1 heteroatoms. The number of hydrogen-bond donors (Lipinski definition) is 0. The van der Waals surface area contributed by atoms with E-state index in [4.69, 9.17) is 0 Å². The minimum absolute atomic E-state index is 0.148. The lowest BCUT2D eigenvalue weighted by molar-refractivity contribution is 0.660. The van der Waals surface area contributed by atoms with E-state index in [1.165, 1.54) is 72.3 Å². The molecule has 0 N–H and O–H groups in total. The second-order valence-corrected chi connectivity index (χ2v) is 15.6. The number of fused-ring (bicyclic) bond motifs is 3. The van der Waals surface area contributed by atoms with E-state index in [9.17, 15) is 0 Å². The summed E-state index contributed by atoms with van der Waals surface area (Å²) >= 11 is 0. The van der Waals surface area contributed by atoms with E-state index in [1.807, 2.05) is 0 Å². The Balaban J connectivity index is 1.26. The van der Waals surface area contributed by atoms with Crippen LogP contribution in [0, 0.1) is 0 Å². The van der Waals surface area contributed by atoms with Gasteiger partial charge in [-0.15, -0.1) is 0 Å². The lowest BCUT2D eigenvalue weighted by Crippen LogP contribution is -2.17. The molecule has 0 bridgehead atoms. The maximum Gasteiger partial charge on any atom is 0.0540 e. The molecule has 0 atom stereocenters. The number of anilines is 3. The van der Waals surface area contributed by atoms with E-state index in [0.29, 0.717) is 0 Å². The van der Waals surface area contributed by atoms with E-state index < -0.39 is 0 Å². The molecule has 0 fully saturated rings. The van der Waals surface area contributed by atoms with Crippen molar-refractivity contribution in [1.29, 1.82) is 0 Å². The SMILES string of the molecule is CC1(C)c2ccccc2-c2ccc(N(c3ccccc3-c3ccccc3)c3ccccc3-c3cccc(-c4ccccc4)c3-c3ccccc3-c3ccccc3)cc21. The van der Waals surface area contributed by atoms with Crippen LogP contribution in [-0.4, -0.2) is 0 Å². The first kappa shape index (κ1) is 35.2. The Morgan fingerprint density at radius 3 is 1.38 bits per heavy atom. The van der Waals surface area contributed by atoms with Crippen LogP contribution >= 0.6 is 0 Å². The van der Waals surface area contributed by atoms with Gasteiger partial charge < -0.3 is 4.90 Å². The van der Waals surface area contributed by atoms with E-state index in [0.717, 1.165) is 22.6 Å². The van der Waals surface area contributed by atoms with Crippen LogP contribution in [0.15, 0.2) is 224 Å². The second-order valence-electron chi connectivity index (χ2n) is 15.6. The Hall–Kier alpha value is -7.22. The molecule has 0 amide bonds. The van der Waals surface area contributed by atoms with Gasteiger partial charge in [0.1, 0.15) is 0 Å². The number of hydrogen-bond acceptors (Lipinski definition) is 1. The van der Waals surface area contributed by atoms with Gasteiger partial charge in [0.05, 0.1) is 11.4 Å². The summed E-state index contributed by atoms with van der Waals surface area (Å²) in [4.78, 5) is 2.50. The molecule has 0 saturated heterocycles. The highest BCUT2D eigenvalue weighted by Crippen LogP contribution is 2.53. The zero-order valence-corrected chi connectivity index (χ0v) is 32.8. The molecule has 0 unspecified atom stereocenters. The number of nitrogens with zero attached hydrogens (tertiary/aromatic N) is 1. The van der Waals surface area contributed by atoms with Gasteiger partial charge in [0.25, 0.3) is 0 Å². The Morgan fingerprint density at radius 1 is 0.293 bits per heavy atom. The molecule has 0 heterocycles. The summed E-state index contributed by atoms with van der Waals surface area (Å²) in [5, 5.41) is 0. The smallest absolute Gasteiger partial charge is 0.0540 e. The third-order valence-electron chi connectivity index (χ3n) is 11.9. The standard InChI is InChI=1S/C57H43N/c1-57(2)52-34-17-14-29-47(52)48-38-37-43(39-53(48)57)58(54-35-18-15-28-45(54)41-23-8-4-9-24-41)55-36-19-16-30-49(55)51-33-20-32-46(42-25-10-5-11-26-42)56(51)50-31-13-12-27-44(50)40-21-6-3-7-22-40/h3-39H,1-2H3. The molecule has 1 nitrogen and oxygen atoms in total. The van der Waals surface area contributed by atoms with Crippen LogP contribution in [0.5, 0.6) is 0 Å². The summed E-state index contributed by atoms with van der Waals surface area (Å²) in [6.45, 7) is 4.73. The fourth-order valence-electron chi connectivity index (χ4n) is 9.16. The maximum absolute atomic E-state index is 2.50. The maximum atomic E-state index is 2.50. The van der Waals surface area contributed by atoms with Crippen LogP contribution < -0.4 is 4.90 Å². The van der Waals surface area contributed by atoms with Crippen molar-refractivity contribution in [2.24, 2.45) is 0 Å². The van der Waals surface area contributed by atoms with Crippen molar-refractivity contribution in [3.05, 3.63) is 236 Å². The van der Waals surface area contributed by atoms with Crippen LogP contribution in [0.4, 0.5) is 17.1 Å². The van der Waals surface area contributed by atoms with Gasteiger partial charge in [-0.3, -0.25) is 0 Å². The molecule has 9 aromatic carbocycles. The normalized spacial score (nSPS) is 12.4. The predicted octanol–water partition coefficient (Wildman–Crippen LogP) is 15.8. The van der Waals surface area contributed by atoms with Crippen molar-refractivity contribution in [3.8, 4) is 66.8 Å². The number of rotatable bonds is 8. The summed E-state index contributed by atoms with van der Waals surface area (Å²) < 4.78 is 0. The van der Waals surface area contributed by atoms with E-state index in [-0.39, 0.29) is 5.41 Å². The Morgan fingerprint density at radius 2 is 0.724 bits per heavy atom. The summed E-state index contributed by atoms with van der Waals surface area (Å²) in [5.41, 5.74) is 20.4. The summed E-state index contributed by atoms with van der Waals surface area (Å²) in [5.74, 6) is 0. The van der Waals surface area contributed by atoms with Crippen molar-refractivity contribution >= 4 is 17.1 Å². The van der Waals surface area contributed by atoms with Crippen molar-refractivity contribution in [1.82, 2.24) is 0 Å². The first-order chi connectivity index (χ1) is 28.6. The van der Waals surface area contributed by atoms with Gasteiger partial charge in [-0.2, -0.15) is 0 Å². The first-order valence-corrected chi connectivity index (χ1v) is 20.2. The zero-order chi connectivity index (χ0) is 39.1. The minimum Gasteiger partial charge on any atom is -0.309 e. The molecular weight excluding hydrogens is 699 g/mol. The topological polar surface area (TPSA) is 3.24 Å². The molecule has 0 aromatic heterocycles. The average molecular weight is 742 g/mol. The van der Waals surface area contributed by atoms with E-state index >= 15 is 0 Å². The third-order valence-corrected chi connectivity index (χ3v) is 11.9. The summed E-state index contributed by atoms with van der Waals surface area (Å²) in [6.07, 6.45) is 0. The molecule has 1 aliphatic carbocycles. The number of para-hydroxylation sites is 2. The minimum atomic E-state index is -0.148. The van der Waals surface area contributed by atoms with Crippen molar-refractivity contribution in [2.75, 3.05) is 4.90 Å². The molecule has 10 rings (SSSR count). The zero-order valence-electron chi connectivity index (χ0n) is 32.8. The predicted molar refractivity (Wildman–Crippen MR) is 246 cm³/mol. The molecule has 9 aromatic rings. The highest BCUT2D eigenvalue weighted by Gasteiger charge is 2.36. The third kappa shape index (κ3) is 6.04. The highest BCUT2D eigenvalue weighted by molar-refractivity contribution is 6.03. The highest BCUT2D eigenvalue weighted by atomic mass is 15.1. The van der Waals surface area contributed by atoms with Gasteiger partial charge in [-0.05, 0) is 91.0 Å². The second kappa shape index (κ2) is 14.7. The molecule has 0 radical (unpaired) electrons. The summed E-state index contributed by atoms with van der Waals surface area (Å²) in [6, 6.07) is 81.9. The fourth-order valence-corrected chi connectivity index (χ4v) is 9.16. The molecular formula is C57H43N. The van der Waals surface area contributed by atoms with Crippen molar-refractivity contribution in [3.63, 3.8) is 0 Å². The monoisotopic (exact) mass is 741 g/mol. The van der Waals surface area contributed by atoms with Crippen LogP contribution in [0.2, 0.25) is 0 Å². The van der Waals surface area contributed by atoms with Crippen molar-refractivity contribution in [2.45, 2.75) is 19.3 Å². The lowest BCUT2D eigenvalue weighted by atomic mass is 9.82. The van der Waals surface area contributed by atoms with Crippen LogP contribution in [0.1, 0.15) is 25.0 Å². The van der Waals surface area contributed by atoms with Crippen LogP contribution in [0.25, 0.3) is 66.8 Å². The largest absolute Gasteiger partial charge is 0.309 e. The van der Waals surface area contributed by atoms with Crippen LogP contribution in [-0.2, 0) is 5.41 Å². The van der Waals surface area contributed by atoms with Gasteiger partial charge in [0.2, 0.25) is 0 Å². The lowest BCUT2D eigenvalue weighted by Gasteiger charge is -2.32. The summed E-state index contributed by atoms with van der Waals surface area (Å²) in [7, 11) is 0. The fraction of sp³-hybridized carbons (Fsp3) is 0.0526. The molecule has 0 spiro atoms. The Kier molecular flexibility index (Phi) is 8.92. The van der Waals surface area contributed by atoms with E-state index in [1.54, 1.807) is 0 Å². The van der Waals surface area contributed by atoms with Crippen molar-refractivity contribution < 1.29 is 0 Å². The molecule has 276 valence electrons. The Labute approximate surface area is 342 Å². The molecule has 1 aliphatic rings. The Bertz CT molecular complexity index is 2910. The van der Waals surface area contributed by atoms with Crippen LogP contribution in [0.3, 0.4) is 0 Å². The first-order valence-electron chi connectivity index (χ1n) is 20.2. The number of benzene rings is 9. The molecule has 0 aliphatic heterocycles. The average Bonchev–Trinajstić information content (AvgIpc) is 3.52. The molecule has 0 saturated carbocycles.